The summed E-state index contributed by atoms with van der Waals surface area (Å²) in [6.07, 6.45) is 1.34. The largest absolute Gasteiger partial charge is 0.464 e. The fourth-order valence-electron chi connectivity index (χ4n) is 1.21. The van der Waals surface area contributed by atoms with Crippen molar-refractivity contribution in [1.82, 2.24) is 5.32 Å². The van der Waals surface area contributed by atoms with Gasteiger partial charge in [-0.25, -0.2) is 9.18 Å². The summed E-state index contributed by atoms with van der Waals surface area (Å²) < 4.78 is 17.4. The molecule has 0 aliphatic heterocycles. The maximum atomic E-state index is 12.9. The number of carbonyl (C=O) groups excluding carboxylic acids is 2. The summed E-state index contributed by atoms with van der Waals surface area (Å²) in [4.78, 5) is 22.2. The third kappa shape index (κ3) is 4.06. The summed E-state index contributed by atoms with van der Waals surface area (Å²) in [5.41, 5.74) is 0.421. The lowest BCUT2D eigenvalue weighted by Gasteiger charge is -2.05. The zero-order valence-corrected chi connectivity index (χ0v) is 9.49. The van der Waals surface area contributed by atoms with Crippen molar-refractivity contribution < 1.29 is 18.7 Å². The highest BCUT2D eigenvalue weighted by molar-refractivity contribution is 5.97. The number of nitrogens with one attached hydrogen (secondary N) is 1. The molecule has 1 amide bonds. The molecule has 0 heterocycles. The monoisotopic (exact) mass is 237 g/mol. The highest BCUT2D eigenvalue weighted by Crippen LogP contribution is 2.08. The van der Waals surface area contributed by atoms with E-state index in [1.54, 1.807) is 6.07 Å². The second-order valence-electron chi connectivity index (χ2n) is 3.29. The molecule has 5 heteroatoms. The summed E-state index contributed by atoms with van der Waals surface area (Å²) >= 11 is 0. The lowest BCUT2D eigenvalue weighted by molar-refractivity contribution is -0.137. The van der Waals surface area contributed by atoms with Gasteiger partial charge in [-0.2, -0.15) is 0 Å². The van der Waals surface area contributed by atoms with Crippen molar-refractivity contribution in [3.8, 4) is 0 Å². The first-order valence-electron chi connectivity index (χ1n) is 4.86. The van der Waals surface area contributed by atoms with Crippen molar-refractivity contribution in [1.29, 1.82) is 0 Å². The predicted molar refractivity (Wildman–Crippen MR) is 60.2 cm³/mol. The Bertz CT molecular complexity index is 469. The van der Waals surface area contributed by atoms with Gasteiger partial charge in [-0.15, -0.1) is 0 Å². The molecule has 90 valence electrons. The molecule has 1 aromatic carbocycles. The normalized spacial score (nSPS) is 10.9. The zero-order chi connectivity index (χ0) is 12.8. The SMILES string of the molecule is COC(=O)/C(=C/c1cccc(F)c1)NC(C)=O. The van der Waals surface area contributed by atoms with Crippen molar-refractivity contribution in [3.05, 3.63) is 41.3 Å². The summed E-state index contributed by atoms with van der Waals surface area (Å²) in [6, 6.07) is 5.63. The summed E-state index contributed by atoms with van der Waals surface area (Å²) in [5, 5.41) is 2.32. The second-order valence-corrected chi connectivity index (χ2v) is 3.29. The van der Waals surface area contributed by atoms with Gasteiger partial charge in [-0.05, 0) is 23.8 Å². The van der Waals surface area contributed by atoms with Crippen LogP contribution in [0.5, 0.6) is 0 Å². The third-order valence-corrected chi connectivity index (χ3v) is 1.88. The van der Waals surface area contributed by atoms with Crippen LogP contribution in [0.1, 0.15) is 12.5 Å². The van der Waals surface area contributed by atoms with Crippen LogP contribution in [0.25, 0.3) is 6.08 Å². The third-order valence-electron chi connectivity index (χ3n) is 1.88. The number of esters is 1. The number of hydrogen-bond donors (Lipinski definition) is 1. The summed E-state index contributed by atoms with van der Waals surface area (Å²) in [5.74, 6) is -1.52. The Kier molecular flexibility index (Phi) is 4.39. The van der Waals surface area contributed by atoms with E-state index in [4.69, 9.17) is 0 Å². The molecule has 1 rings (SSSR count). The number of carbonyl (C=O) groups is 2. The van der Waals surface area contributed by atoms with Crippen LogP contribution in [-0.4, -0.2) is 19.0 Å². The fourth-order valence-corrected chi connectivity index (χ4v) is 1.21. The van der Waals surface area contributed by atoms with Gasteiger partial charge in [0.2, 0.25) is 5.91 Å². The Hall–Kier alpha value is -2.17. The van der Waals surface area contributed by atoms with Crippen LogP contribution in [0.4, 0.5) is 4.39 Å². The lowest BCUT2D eigenvalue weighted by atomic mass is 10.2. The first-order valence-corrected chi connectivity index (χ1v) is 4.86. The van der Waals surface area contributed by atoms with Gasteiger partial charge in [0, 0.05) is 6.92 Å². The number of benzene rings is 1. The number of methoxy groups -OCH3 is 1. The van der Waals surface area contributed by atoms with Crippen LogP contribution >= 0.6 is 0 Å². The van der Waals surface area contributed by atoms with E-state index in [1.165, 1.54) is 38.3 Å². The van der Waals surface area contributed by atoms with Crippen LogP contribution in [-0.2, 0) is 14.3 Å². The summed E-state index contributed by atoms with van der Waals surface area (Å²) in [7, 11) is 1.20. The Morgan fingerprint density at radius 2 is 2.12 bits per heavy atom. The van der Waals surface area contributed by atoms with Crippen LogP contribution in [0.2, 0.25) is 0 Å². The minimum absolute atomic E-state index is 0.0365. The molecule has 0 aliphatic carbocycles. The minimum Gasteiger partial charge on any atom is -0.464 e. The molecule has 17 heavy (non-hydrogen) atoms. The topological polar surface area (TPSA) is 55.4 Å². The maximum absolute atomic E-state index is 12.9. The molecular formula is C12H12FNO3. The lowest BCUT2D eigenvalue weighted by Crippen LogP contribution is -2.25. The first-order chi connectivity index (χ1) is 8.02. The molecule has 0 aromatic heterocycles. The van der Waals surface area contributed by atoms with Crippen LogP contribution < -0.4 is 5.32 Å². The van der Waals surface area contributed by atoms with Crippen molar-refractivity contribution in [2.24, 2.45) is 0 Å². The Balaban J connectivity index is 3.04. The Morgan fingerprint density at radius 3 is 2.65 bits per heavy atom. The van der Waals surface area contributed by atoms with E-state index < -0.39 is 17.7 Å². The molecule has 0 atom stereocenters. The van der Waals surface area contributed by atoms with Crippen LogP contribution in [0.3, 0.4) is 0 Å². The van der Waals surface area contributed by atoms with Crippen molar-refractivity contribution in [2.75, 3.05) is 7.11 Å². The van der Waals surface area contributed by atoms with Crippen molar-refractivity contribution in [3.63, 3.8) is 0 Å². The van der Waals surface area contributed by atoms with E-state index in [2.05, 4.69) is 10.1 Å². The van der Waals surface area contributed by atoms with Gasteiger partial charge in [0.05, 0.1) is 7.11 Å². The Morgan fingerprint density at radius 1 is 1.41 bits per heavy atom. The number of halogens is 1. The molecule has 0 spiro atoms. The van der Waals surface area contributed by atoms with E-state index in [1.807, 2.05) is 0 Å². The molecule has 4 nitrogen and oxygen atoms in total. The van der Waals surface area contributed by atoms with Crippen LogP contribution in [0, 0.1) is 5.82 Å². The maximum Gasteiger partial charge on any atom is 0.354 e. The molecule has 1 N–H and O–H groups in total. The summed E-state index contributed by atoms with van der Waals surface area (Å²) in [6.45, 7) is 1.27. The molecule has 1 aromatic rings. The average molecular weight is 237 g/mol. The van der Waals surface area contributed by atoms with Gasteiger partial charge in [0.25, 0.3) is 0 Å². The molecule has 0 saturated carbocycles. The fraction of sp³-hybridized carbons (Fsp3) is 0.167. The molecule has 0 saturated heterocycles. The highest BCUT2D eigenvalue weighted by Gasteiger charge is 2.11. The number of rotatable bonds is 3. The van der Waals surface area contributed by atoms with Gasteiger partial charge in [-0.1, -0.05) is 12.1 Å². The standard InChI is InChI=1S/C12H12FNO3/c1-8(15)14-11(12(16)17-2)7-9-4-3-5-10(13)6-9/h3-7H,1-2H3,(H,14,15)/b11-7-. The molecule has 0 unspecified atom stereocenters. The minimum atomic E-state index is -0.690. The van der Waals surface area contributed by atoms with E-state index in [0.717, 1.165) is 0 Å². The number of ether oxygens (including phenoxy) is 1. The quantitative estimate of drug-likeness (QED) is 0.640. The van der Waals surface area contributed by atoms with Crippen LogP contribution in [0.15, 0.2) is 30.0 Å². The number of hydrogen-bond acceptors (Lipinski definition) is 3. The van der Waals surface area contributed by atoms with E-state index in [0.29, 0.717) is 5.56 Å². The molecule has 0 fully saturated rings. The molecule has 0 radical (unpaired) electrons. The van der Waals surface area contributed by atoms with Gasteiger partial charge in [0.1, 0.15) is 11.5 Å². The average Bonchev–Trinajstić information content (AvgIpc) is 2.26. The molecule has 0 bridgehead atoms. The van der Waals surface area contributed by atoms with Crippen molar-refractivity contribution >= 4 is 18.0 Å². The predicted octanol–water partition coefficient (Wildman–Crippen LogP) is 1.48. The smallest absolute Gasteiger partial charge is 0.354 e. The zero-order valence-electron chi connectivity index (χ0n) is 9.49. The Labute approximate surface area is 98.1 Å². The van der Waals surface area contributed by atoms with Crippen molar-refractivity contribution in [2.45, 2.75) is 6.92 Å². The highest BCUT2D eigenvalue weighted by atomic mass is 19.1. The van der Waals surface area contributed by atoms with Gasteiger partial charge >= 0.3 is 5.97 Å². The van der Waals surface area contributed by atoms with Gasteiger partial charge < -0.3 is 10.1 Å². The number of amides is 1. The van der Waals surface area contributed by atoms with Gasteiger partial charge in [-0.3, -0.25) is 4.79 Å². The van der Waals surface area contributed by atoms with E-state index in [-0.39, 0.29) is 5.70 Å². The van der Waals surface area contributed by atoms with E-state index in [9.17, 15) is 14.0 Å². The molecule has 0 aliphatic rings. The first kappa shape index (κ1) is 12.9. The van der Waals surface area contributed by atoms with E-state index >= 15 is 0 Å². The molecular weight excluding hydrogens is 225 g/mol. The second kappa shape index (κ2) is 5.79. The van der Waals surface area contributed by atoms with Gasteiger partial charge in [0.15, 0.2) is 0 Å².